The normalized spacial score (nSPS) is 11.6. The number of aliphatic hydroxyl groups is 1. The summed E-state index contributed by atoms with van der Waals surface area (Å²) in [6.45, 7) is 4.62. The molecule has 0 saturated carbocycles. The fourth-order valence-corrected chi connectivity index (χ4v) is 3.17. The average Bonchev–Trinajstić information content (AvgIpc) is 3.09. The lowest BCUT2D eigenvalue weighted by atomic mass is 10.1. The number of carbonyl (C=O) groups is 4. The number of esters is 1. The van der Waals surface area contributed by atoms with Crippen molar-refractivity contribution in [3.63, 3.8) is 0 Å². The first-order chi connectivity index (χ1) is 15.2. The van der Waals surface area contributed by atoms with Gasteiger partial charge >= 0.3 is 11.9 Å². The molecule has 0 spiro atoms. The molecule has 3 N–H and O–H groups in total. The van der Waals surface area contributed by atoms with Gasteiger partial charge in [-0.1, -0.05) is 17.4 Å². The standard InChI is InChI=1S/C19H18N4O8S/c1-4-30-18(29)15-9(2)20-19(32-15)21-16(26)13(10(3)25)22-23-14-11(17(27)28)6-5-7-12(14)31-8-24/h5-8,25H,4H2,1-3H3,(H,27,28)(H,20,21,26). The number of thiazole rings is 1. The van der Waals surface area contributed by atoms with Gasteiger partial charge in [-0.2, -0.15) is 0 Å². The van der Waals surface area contributed by atoms with Crippen LogP contribution in [0.5, 0.6) is 5.75 Å². The minimum Gasteiger partial charge on any atom is -0.510 e. The summed E-state index contributed by atoms with van der Waals surface area (Å²) in [7, 11) is 0. The third-order valence-electron chi connectivity index (χ3n) is 3.69. The van der Waals surface area contributed by atoms with Crippen LogP contribution >= 0.6 is 11.3 Å². The lowest BCUT2D eigenvalue weighted by Gasteiger charge is -2.06. The number of carboxylic acid groups (broad SMARTS) is 1. The fraction of sp³-hybridized carbons (Fsp3) is 0.211. The number of ether oxygens (including phenoxy) is 2. The number of hydrogen-bond donors (Lipinski definition) is 3. The Kier molecular flexibility index (Phi) is 8.12. The Bertz CT molecular complexity index is 1120. The van der Waals surface area contributed by atoms with Crippen LogP contribution in [0.3, 0.4) is 0 Å². The number of aliphatic hydroxyl groups excluding tert-OH is 1. The number of aromatic nitrogens is 1. The van der Waals surface area contributed by atoms with Crippen molar-refractivity contribution in [1.29, 1.82) is 0 Å². The number of aromatic carboxylic acids is 1. The van der Waals surface area contributed by atoms with Gasteiger partial charge in [-0.15, -0.1) is 10.2 Å². The molecule has 1 aromatic heterocycles. The summed E-state index contributed by atoms with van der Waals surface area (Å²) >= 11 is 0.864. The first-order valence-corrected chi connectivity index (χ1v) is 9.75. The van der Waals surface area contributed by atoms with E-state index >= 15 is 0 Å². The summed E-state index contributed by atoms with van der Waals surface area (Å²) < 4.78 is 9.62. The second-order valence-corrected chi connectivity index (χ2v) is 6.91. The van der Waals surface area contributed by atoms with Crippen molar-refractivity contribution in [2.24, 2.45) is 10.2 Å². The number of benzene rings is 1. The first kappa shape index (κ1) is 24.1. The van der Waals surface area contributed by atoms with Gasteiger partial charge in [0.05, 0.1) is 17.9 Å². The van der Waals surface area contributed by atoms with E-state index in [2.05, 4.69) is 20.5 Å². The molecule has 0 atom stereocenters. The molecule has 0 aliphatic carbocycles. The molecule has 1 amide bonds. The Hall–Kier alpha value is -4.13. The number of nitrogens with one attached hydrogen (secondary N) is 1. The number of carbonyl (C=O) groups excluding carboxylic acids is 3. The molecule has 32 heavy (non-hydrogen) atoms. The lowest BCUT2D eigenvalue weighted by Crippen LogP contribution is -2.14. The van der Waals surface area contributed by atoms with Gasteiger partial charge in [0.2, 0.25) is 0 Å². The van der Waals surface area contributed by atoms with Crippen molar-refractivity contribution >= 4 is 46.5 Å². The topological polar surface area (TPSA) is 177 Å². The molecule has 0 bridgehead atoms. The zero-order chi connectivity index (χ0) is 23.8. The van der Waals surface area contributed by atoms with Gasteiger partial charge in [0.1, 0.15) is 16.3 Å². The molecule has 12 nitrogen and oxygen atoms in total. The van der Waals surface area contributed by atoms with Gasteiger partial charge < -0.3 is 19.7 Å². The van der Waals surface area contributed by atoms with Gasteiger partial charge in [-0.05, 0) is 32.9 Å². The van der Waals surface area contributed by atoms with E-state index in [0.29, 0.717) is 5.69 Å². The molecule has 0 radical (unpaired) electrons. The number of anilines is 1. The molecular weight excluding hydrogens is 444 g/mol. The third-order valence-corrected chi connectivity index (χ3v) is 4.74. The van der Waals surface area contributed by atoms with Crippen molar-refractivity contribution in [1.82, 2.24) is 4.98 Å². The highest BCUT2D eigenvalue weighted by Crippen LogP contribution is 2.32. The SMILES string of the molecule is CCOC(=O)c1sc(NC(=O)C(N=Nc2c(OC=O)cccc2C(=O)O)=C(C)O)nc1C. The van der Waals surface area contributed by atoms with E-state index in [0.717, 1.165) is 18.3 Å². The average molecular weight is 462 g/mol. The van der Waals surface area contributed by atoms with E-state index in [-0.39, 0.29) is 40.1 Å². The van der Waals surface area contributed by atoms with Crippen molar-refractivity contribution < 1.29 is 38.9 Å². The summed E-state index contributed by atoms with van der Waals surface area (Å²) in [5, 5.41) is 29.0. The fourth-order valence-electron chi connectivity index (χ4n) is 2.32. The molecular formula is C19H18N4O8S. The molecule has 168 valence electrons. The van der Waals surface area contributed by atoms with Crippen LogP contribution in [0.25, 0.3) is 0 Å². The van der Waals surface area contributed by atoms with Crippen LogP contribution in [-0.2, 0) is 14.3 Å². The van der Waals surface area contributed by atoms with E-state index in [1.807, 2.05) is 0 Å². The van der Waals surface area contributed by atoms with Gasteiger partial charge in [0.25, 0.3) is 12.4 Å². The van der Waals surface area contributed by atoms with Gasteiger partial charge in [-0.25, -0.2) is 14.6 Å². The molecule has 0 aliphatic heterocycles. The monoisotopic (exact) mass is 462 g/mol. The maximum atomic E-state index is 12.6. The molecule has 0 unspecified atom stereocenters. The first-order valence-electron chi connectivity index (χ1n) is 8.93. The molecule has 2 aromatic rings. The minimum absolute atomic E-state index is 0.0421. The second kappa shape index (κ2) is 10.8. The van der Waals surface area contributed by atoms with Gasteiger partial charge in [-0.3, -0.25) is 14.9 Å². The summed E-state index contributed by atoms with van der Waals surface area (Å²) in [6, 6.07) is 3.80. The van der Waals surface area contributed by atoms with Crippen molar-refractivity contribution in [2.75, 3.05) is 11.9 Å². The molecule has 0 aliphatic rings. The summed E-state index contributed by atoms with van der Waals surface area (Å²) in [5.41, 5.74) is -0.915. The highest BCUT2D eigenvalue weighted by molar-refractivity contribution is 7.17. The van der Waals surface area contributed by atoms with Crippen LogP contribution in [-0.4, -0.2) is 46.1 Å². The Balaban J connectivity index is 2.34. The summed E-state index contributed by atoms with van der Waals surface area (Å²) in [6.07, 6.45) is 0. The third kappa shape index (κ3) is 5.72. The Morgan fingerprint density at radius 2 is 2.00 bits per heavy atom. The zero-order valence-corrected chi connectivity index (χ0v) is 17.9. The molecule has 0 fully saturated rings. The molecule has 0 saturated heterocycles. The Morgan fingerprint density at radius 1 is 1.28 bits per heavy atom. The maximum Gasteiger partial charge on any atom is 0.350 e. The molecule has 2 rings (SSSR count). The van der Waals surface area contributed by atoms with Crippen LogP contribution in [0.2, 0.25) is 0 Å². The molecule has 1 aromatic carbocycles. The van der Waals surface area contributed by atoms with Crippen LogP contribution in [0.4, 0.5) is 10.8 Å². The zero-order valence-electron chi connectivity index (χ0n) is 17.1. The van der Waals surface area contributed by atoms with Gasteiger partial charge in [0, 0.05) is 0 Å². The van der Waals surface area contributed by atoms with Crippen molar-refractivity contribution in [2.45, 2.75) is 20.8 Å². The van der Waals surface area contributed by atoms with E-state index in [9.17, 15) is 29.4 Å². The predicted octanol–water partition coefficient (Wildman–Crippen LogP) is 3.37. The predicted molar refractivity (Wildman–Crippen MR) is 111 cm³/mol. The largest absolute Gasteiger partial charge is 0.510 e. The Morgan fingerprint density at radius 3 is 2.59 bits per heavy atom. The molecule has 13 heteroatoms. The lowest BCUT2D eigenvalue weighted by molar-refractivity contribution is -0.120. The number of hydrogen-bond acceptors (Lipinski definition) is 11. The molecule has 1 heterocycles. The second-order valence-electron chi connectivity index (χ2n) is 5.91. The minimum atomic E-state index is -1.38. The van der Waals surface area contributed by atoms with Crippen LogP contribution in [0.1, 0.15) is 39.6 Å². The number of rotatable bonds is 9. The van der Waals surface area contributed by atoms with E-state index < -0.39 is 29.3 Å². The maximum absolute atomic E-state index is 12.6. The van der Waals surface area contributed by atoms with Crippen LogP contribution in [0.15, 0.2) is 39.9 Å². The number of aryl methyl sites for hydroxylation is 1. The number of nitrogens with zero attached hydrogens (tertiary/aromatic N) is 3. The van der Waals surface area contributed by atoms with Crippen molar-refractivity contribution in [3.05, 3.63) is 45.8 Å². The number of allylic oxidation sites excluding steroid dienone is 1. The summed E-state index contributed by atoms with van der Waals surface area (Å²) in [5.74, 6) is -3.64. The highest BCUT2D eigenvalue weighted by Gasteiger charge is 2.21. The Labute approximate surface area is 185 Å². The van der Waals surface area contributed by atoms with Crippen molar-refractivity contribution in [3.8, 4) is 5.75 Å². The van der Waals surface area contributed by atoms with Crippen LogP contribution < -0.4 is 10.1 Å². The number of azo groups is 1. The van der Waals surface area contributed by atoms with E-state index in [4.69, 9.17) is 9.47 Å². The van der Waals surface area contributed by atoms with Crippen LogP contribution in [0, 0.1) is 6.92 Å². The van der Waals surface area contributed by atoms with Gasteiger partial charge in [0.15, 0.2) is 16.6 Å². The highest BCUT2D eigenvalue weighted by atomic mass is 32.1. The van der Waals surface area contributed by atoms with E-state index in [1.165, 1.54) is 18.2 Å². The van der Waals surface area contributed by atoms with E-state index in [1.54, 1.807) is 13.8 Å². The number of amides is 1. The summed E-state index contributed by atoms with van der Waals surface area (Å²) in [4.78, 5) is 50.9. The number of carboxylic acids is 1. The smallest absolute Gasteiger partial charge is 0.350 e. The quantitative estimate of drug-likeness (QED) is 0.166.